The monoisotopic (exact) mass is 309 g/mol. The lowest BCUT2D eigenvalue weighted by atomic mass is 9.81. The number of hydrogen-bond donors (Lipinski definition) is 1. The van der Waals surface area contributed by atoms with Crippen molar-refractivity contribution in [1.82, 2.24) is 14.9 Å². The second-order valence-corrected chi connectivity index (χ2v) is 8.40. The van der Waals surface area contributed by atoms with Gasteiger partial charge in [-0.3, -0.25) is 14.2 Å². The predicted octanol–water partition coefficient (Wildman–Crippen LogP) is 2.29. The molecule has 0 fully saturated rings. The molecule has 0 radical (unpaired) electrons. The zero-order valence-corrected chi connectivity index (χ0v) is 14.1. The molecule has 21 heavy (non-hydrogen) atoms. The average molecular weight is 309 g/mol. The highest BCUT2D eigenvalue weighted by atomic mass is 32.2. The van der Waals surface area contributed by atoms with Crippen LogP contribution in [0.1, 0.15) is 51.4 Å². The van der Waals surface area contributed by atoms with Crippen molar-refractivity contribution in [3.05, 3.63) is 22.1 Å². The third-order valence-corrected chi connectivity index (χ3v) is 4.20. The Morgan fingerprint density at radius 1 is 1.38 bits per heavy atom. The minimum absolute atomic E-state index is 0.0959. The van der Waals surface area contributed by atoms with Crippen LogP contribution in [0.4, 0.5) is 0 Å². The topological polar surface area (TPSA) is 64.0 Å². The summed E-state index contributed by atoms with van der Waals surface area (Å²) in [6.07, 6.45) is 2.22. The summed E-state index contributed by atoms with van der Waals surface area (Å²) in [4.78, 5) is 28.9. The molecule has 1 N–H and O–H groups in total. The zero-order chi connectivity index (χ0) is 15.8. The predicted molar refractivity (Wildman–Crippen MR) is 84.8 cm³/mol. The average Bonchev–Trinajstić information content (AvgIpc) is 2.73. The first-order valence-corrected chi connectivity index (χ1v) is 8.13. The lowest BCUT2D eigenvalue weighted by molar-refractivity contribution is 0.0888. The van der Waals surface area contributed by atoms with Gasteiger partial charge in [-0.2, -0.15) is 0 Å². The Hall–Kier alpha value is -1.30. The van der Waals surface area contributed by atoms with E-state index in [0.29, 0.717) is 11.7 Å². The Balaban J connectivity index is 2.20. The highest BCUT2D eigenvalue weighted by Crippen LogP contribution is 2.27. The summed E-state index contributed by atoms with van der Waals surface area (Å²) in [5.41, 5.74) is -0.393. The fourth-order valence-electron chi connectivity index (χ4n) is 2.92. The first kappa shape index (κ1) is 16.1. The van der Waals surface area contributed by atoms with E-state index in [9.17, 15) is 9.59 Å². The van der Waals surface area contributed by atoms with Crippen LogP contribution < -0.4 is 10.9 Å². The third-order valence-electron chi connectivity index (χ3n) is 3.23. The molecule has 0 aliphatic carbocycles. The van der Waals surface area contributed by atoms with Crippen LogP contribution in [0.25, 0.3) is 0 Å². The standard InChI is InChI=1S/C15H23N3O2S/c1-14(2,3)9-15(4,5)17-11(19)10-8-16-13-18(12(10)20)6-7-21-13/h8H,6-7,9H2,1-5H3,(H,17,19). The van der Waals surface area contributed by atoms with Gasteiger partial charge in [0, 0.05) is 24.0 Å². The summed E-state index contributed by atoms with van der Waals surface area (Å²) in [5, 5.41) is 3.66. The van der Waals surface area contributed by atoms with Gasteiger partial charge in [-0.1, -0.05) is 32.5 Å². The van der Waals surface area contributed by atoms with Gasteiger partial charge in [-0.15, -0.1) is 0 Å². The molecule has 0 saturated heterocycles. The van der Waals surface area contributed by atoms with Crippen LogP contribution in [0.2, 0.25) is 0 Å². The first-order valence-electron chi connectivity index (χ1n) is 7.14. The summed E-state index contributed by atoms with van der Waals surface area (Å²) < 4.78 is 1.58. The Kier molecular flexibility index (Phi) is 4.19. The second-order valence-electron chi connectivity index (χ2n) is 7.34. The lowest BCUT2D eigenvalue weighted by Gasteiger charge is -2.33. The van der Waals surface area contributed by atoms with E-state index < -0.39 is 0 Å². The van der Waals surface area contributed by atoms with Gasteiger partial charge in [0.25, 0.3) is 11.5 Å². The molecule has 0 unspecified atom stereocenters. The SMILES string of the molecule is CC(C)(C)CC(C)(C)NC(=O)c1cnc2n(c1=O)CCS2. The molecule has 1 aromatic heterocycles. The summed E-state index contributed by atoms with van der Waals surface area (Å²) >= 11 is 1.54. The van der Waals surface area contributed by atoms with Gasteiger partial charge >= 0.3 is 0 Å². The van der Waals surface area contributed by atoms with E-state index in [1.807, 2.05) is 13.8 Å². The summed E-state index contributed by atoms with van der Waals surface area (Å²) in [5.74, 6) is 0.497. The van der Waals surface area contributed by atoms with E-state index in [-0.39, 0.29) is 28.0 Å². The van der Waals surface area contributed by atoms with E-state index in [2.05, 4.69) is 31.1 Å². The van der Waals surface area contributed by atoms with Gasteiger partial charge in [0.05, 0.1) is 0 Å². The Morgan fingerprint density at radius 3 is 2.67 bits per heavy atom. The van der Waals surface area contributed by atoms with Crippen molar-refractivity contribution in [3.8, 4) is 0 Å². The molecule has 1 aromatic rings. The van der Waals surface area contributed by atoms with E-state index in [4.69, 9.17) is 0 Å². The van der Waals surface area contributed by atoms with Crippen molar-refractivity contribution < 1.29 is 4.79 Å². The summed E-state index contributed by atoms with van der Waals surface area (Å²) in [6.45, 7) is 11.0. The van der Waals surface area contributed by atoms with Crippen molar-refractivity contribution in [1.29, 1.82) is 0 Å². The number of carbonyl (C=O) groups excluding carboxylic acids is 1. The van der Waals surface area contributed by atoms with Gasteiger partial charge in [0.15, 0.2) is 5.16 Å². The van der Waals surface area contributed by atoms with Gasteiger partial charge in [-0.05, 0) is 25.7 Å². The van der Waals surface area contributed by atoms with Crippen molar-refractivity contribution >= 4 is 17.7 Å². The normalized spacial score (nSPS) is 14.9. The van der Waals surface area contributed by atoms with Crippen LogP contribution in [0.15, 0.2) is 16.1 Å². The fraction of sp³-hybridized carbons (Fsp3) is 0.667. The van der Waals surface area contributed by atoms with E-state index >= 15 is 0 Å². The van der Waals surface area contributed by atoms with E-state index in [1.165, 1.54) is 6.20 Å². The van der Waals surface area contributed by atoms with E-state index in [1.54, 1.807) is 16.3 Å². The maximum Gasteiger partial charge on any atom is 0.267 e. The van der Waals surface area contributed by atoms with Gasteiger partial charge in [-0.25, -0.2) is 4.98 Å². The molecule has 0 atom stereocenters. The molecule has 1 aliphatic rings. The van der Waals surface area contributed by atoms with Crippen LogP contribution >= 0.6 is 11.8 Å². The fourth-order valence-corrected chi connectivity index (χ4v) is 3.83. The van der Waals surface area contributed by atoms with Crippen molar-refractivity contribution in [2.45, 2.75) is 58.3 Å². The second kappa shape index (κ2) is 5.48. The molecular formula is C15H23N3O2S. The molecule has 5 nitrogen and oxygen atoms in total. The third kappa shape index (κ3) is 3.87. The summed E-state index contributed by atoms with van der Waals surface area (Å²) in [6, 6.07) is 0. The van der Waals surface area contributed by atoms with Crippen LogP contribution in [0, 0.1) is 5.41 Å². The highest BCUT2D eigenvalue weighted by molar-refractivity contribution is 7.99. The Bertz CT molecular complexity index is 614. The molecular weight excluding hydrogens is 286 g/mol. The molecule has 0 bridgehead atoms. The minimum atomic E-state index is -0.375. The maximum atomic E-state index is 12.4. The van der Waals surface area contributed by atoms with Crippen molar-refractivity contribution in [2.75, 3.05) is 5.75 Å². The number of carbonyl (C=O) groups is 1. The molecule has 2 rings (SSSR count). The molecule has 0 saturated carbocycles. The van der Waals surface area contributed by atoms with Gasteiger partial charge < -0.3 is 5.32 Å². The van der Waals surface area contributed by atoms with E-state index in [0.717, 1.165) is 12.2 Å². The van der Waals surface area contributed by atoms with Crippen LogP contribution in [0.5, 0.6) is 0 Å². The van der Waals surface area contributed by atoms with Crippen LogP contribution in [0.3, 0.4) is 0 Å². The number of amides is 1. The number of fused-ring (bicyclic) bond motifs is 1. The van der Waals surface area contributed by atoms with Crippen molar-refractivity contribution in [2.24, 2.45) is 5.41 Å². The molecule has 2 heterocycles. The van der Waals surface area contributed by atoms with Crippen molar-refractivity contribution in [3.63, 3.8) is 0 Å². The van der Waals surface area contributed by atoms with Crippen LogP contribution in [-0.2, 0) is 6.54 Å². The summed E-state index contributed by atoms with van der Waals surface area (Å²) in [7, 11) is 0. The molecule has 1 amide bonds. The van der Waals surface area contributed by atoms with Gasteiger partial charge in [0.2, 0.25) is 0 Å². The number of nitrogens with one attached hydrogen (secondary N) is 1. The lowest BCUT2D eigenvalue weighted by Crippen LogP contribution is -2.47. The molecule has 6 heteroatoms. The highest BCUT2D eigenvalue weighted by Gasteiger charge is 2.29. The minimum Gasteiger partial charge on any atom is -0.347 e. The quantitative estimate of drug-likeness (QED) is 0.870. The number of aromatic nitrogens is 2. The van der Waals surface area contributed by atoms with Gasteiger partial charge in [0.1, 0.15) is 5.56 Å². The number of hydrogen-bond acceptors (Lipinski definition) is 4. The maximum absolute atomic E-state index is 12.4. The molecule has 1 aliphatic heterocycles. The number of thioether (sulfide) groups is 1. The number of nitrogens with zero attached hydrogens (tertiary/aromatic N) is 2. The Morgan fingerprint density at radius 2 is 2.05 bits per heavy atom. The first-order chi connectivity index (χ1) is 9.59. The molecule has 0 aromatic carbocycles. The number of rotatable bonds is 3. The Labute approximate surface area is 129 Å². The largest absolute Gasteiger partial charge is 0.347 e. The molecule has 0 spiro atoms. The van der Waals surface area contributed by atoms with Crippen LogP contribution in [-0.4, -0.2) is 26.8 Å². The smallest absolute Gasteiger partial charge is 0.267 e. The molecule has 116 valence electrons. The zero-order valence-electron chi connectivity index (χ0n) is 13.3.